The molecular weight excluding hydrogens is 424 g/mol. The molecule has 2 heterocycles. The SMILES string of the molecule is CCOC(=O)[C@H](Cc1c[nH]c2ccccc12)C(=O)N[C@H](CC(C)C)NC(=O)[C@@H]1CCC(=O)N1. The van der Waals surface area contributed by atoms with Crippen LogP contribution in [0.15, 0.2) is 30.5 Å². The molecule has 9 heteroatoms. The second-order valence-electron chi connectivity index (χ2n) is 8.73. The Morgan fingerprint density at radius 1 is 1.18 bits per heavy atom. The highest BCUT2D eigenvalue weighted by atomic mass is 16.5. The molecule has 0 radical (unpaired) electrons. The van der Waals surface area contributed by atoms with Crippen LogP contribution in [-0.4, -0.2) is 47.5 Å². The van der Waals surface area contributed by atoms with Crippen molar-refractivity contribution >= 4 is 34.6 Å². The maximum atomic E-state index is 13.2. The van der Waals surface area contributed by atoms with Gasteiger partial charge in [-0.2, -0.15) is 0 Å². The first kappa shape index (κ1) is 24.3. The summed E-state index contributed by atoms with van der Waals surface area (Å²) < 4.78 is 5.18. The van der Waals surface area contributed by atoms with Gasteiger partial charge in [0.1, 0.15) is 18.1 Å². The molecule has 1 aliphatic heterocycles. The second kappa shape index (κ2) is 11.0. The highest BCUT2D eigenvalue weighted by molar-refractivity contribution is 5.99. The van der Waals surface area contributed by atoms with Crippen LogP contribution < -0.4 is 16.0 Å². The van der Waals surface area contributed by atoms with Gasteiger partial charge in [0.05, 0.1) is 6.61 Å². The van der Waals surface area contributed by atoms with Crippen molar-refractivity contribution in [1.29, 1.82) is 0 Å². The van der Waals surface area contributed by atoms with Gasteiger partial charge < -0.3 is 25.7 Å². The third-order valence-corrected chi connectivity index (χ3v) is 5.64. The van der Waals surface area contributed by atoms with Gasteiger partial charge in [-0.15, -0.1) is 0 Å². The number of carbonyl (C=O) groups is 4. The first-order valence-electron chi connectivity index (χ1n) is 11.4. The summed E-state index contributed by atoms with van der Waals surface area (Å²) in [4.78, 5) is 53.1. The van der Waals surface area contributed by atoms with E-state index in [1.165, 1.54) is 0 Å². The average Bonchev–Trinajstić information content (AvgIpc) is 3.37. The van der Waals surface area contributed by atoms with Gasteiger partial charge in [-0.3, -0.25) is 19.2 Å². The fraction of sp³-hybridized carbons (Fsp3) is 0.500. The molecule has 0 unspecified atom stereocenters. The average molecular weight is 457 g/mol. The van der Waals surface area contributed by atoms with Gasteiger partial charge in [0.15, 0.2) is 0 Å². The summed E-state index contributed by atoms with van der Waals surface area (Å²) in [5, 5.41) is 9.19. The zero-order chi connectivity index (χ0) is 24.0. The molecule has 1 aromatic carbocycles. The maximum absolute atomic E-state index is 13.2. The fourth-order valence-electron chi connectivity index (χ4n) is 4.03. The molecule has 1 aliphatic rings. The summed E-state index contributed by atoms with van der Waals surface area (Å²) in [7, 11) is 0. The third-order valence-electron chi connectivity index (χ3n) is 5.64. The zero-order valence-electron chi connectivity index (χ0n) is 19.3. The molecule has 1 fully saturated rings. The van der Waals surface area contributed by atoms with Crippen molar-refractivity contribution in [3.8, 4) is 0 Å². The highest BCUT2D eigenvalue weighted by Gasteiger charge is 2.33. The number of aromatic amines is 1. The maximum Gasteiger partial charge on any atom is 0.318 e. The van der Waals surface area contributed by atoms with Gasteiger partial charge in [-0.05, 0) is 43.7 Å². The number of H-pyrrole nitrogens is 1. The lowest BCUT2D eigenvalue weighted by molar-refractivity contribution is -0.152. The zero-order valence-corrected chi connectivity index (χ0v) is 19.3. The monoisotopic (exact) mass is 456 g/mol. The van der Waals surface area contributed by atoms with E-state index in [1.807, 2.05) is 38.1 Å². The molecule has 0 spiro atoms. The van der Waals surface area contributed by atoms with E-state index < -0.39 is 30.0 Å². The molecule has 2 aromatic rings. The number of benzene rings is 1. The van der Waals surface area contributed by atoms with E-state index in [1.54, 1.807) is 13.1 Å². The van der Waals surface area contributed by atoms with Crippen LogP contribution in [0, 0.1) is 11.8 Å². The molecule has 0 aliphatic carbocycles. The van der Waals surface area contributed by atoms with Crippen molar-refractivity contribution < 1.29 is 23.9 Å². The Hall–Kier alpha value is -3.36. The Balaban J connectivity index is 1.75. The number of hydrogen-bond donors (Lipinski definition) is 4. The van der Waals surface area contributed by atoms with E-state index in [2.05, 4.69) is 20.9 Å². The summed E-state index contributed by atoms with van der Waals surface area (Å²) in [6, 6.07) is 7.04. The first-order chi connectivity index (χ1) is 15.8. The normalized spacial score (nSPS) is 17.5. The van der Waals surface area contributed by atoms with Crippen molar-refractivity contribution in [2.24, 2.45) is 11.8 Å². The minimum absolute atomic E-state index is 0.157. The van der Waals surface area contributed by atoms with Crippen molar-refractivity contribution in [3.63, 3.8) is 0 Å². The van der Waals surface area contributed by atoms with Gasteiger partial charge >= 0.3 is 5.97 Å². The predicted molar refractivity (Wildman–Crippen MR) is 123 cm³/mol. The largest absolute Gasteiger partial charge is 0.465 e. The molecule has 1 aromatic heterocycles. The Bertz CT molecular complexity index is 1020. The second-order valence-corrected chi connectivity index (χ2v) is 8.73. The quantitative estimate of drug-likeness (QED) is 0.246. The van der Waals surface area contributed by atoms with Crippen molar-refractivity contribution in [1.82, 2.24) is 20.9 Å². The molecule has 3 atom stereocenters. The van der Waals surface area contributed by atoms with Crippen LogP contribution in [0.3, 0.4) is 0 Å². The number of carbonyl (C=O) groups excluding carboxylic acids is 4. The molecule has 1 saturated heterocycles. The minimum atomic E-state index is -1.07. The summed E-state index contributed by atoms with van der Waals surface area (Å²) in [5.74, 6) is -2.54. The van der Waals surface area contributed by atoms with Crippen LogP contribution in [0.4, 0.5) is 0 Å². The van der Waals surface area contributed by atoms with Crippen LogP contribution in [-0.2, 0) is 30.3 Å². The number of ether oxygens (including phenoxy) is 1. The van der Waals surface area contributed by atoms with Crippen LogP contribution in [0.2, 0.25) is 0 Å². The van der Waals surface area contributed by atoms with E-state index in [0.29, 0.717) is 19.3 Å². The molecule has 0 bridgehead atoms. The number of rotatable bonds is 10. The number of amides is 3. The summed E-state index contributed by atoms with van der Waals surface area (Å²) in [6.45, 7) is 5.79. The molecule has 0 saturated carbocycles. The fourth-order valence-corrected chi connectivity index (χ4v) is 4.03. The highest BCUT2D eigenvalue weighted by Crippen LogP contribution is 2.22. The van der Waals surface area contributed by atoms with Crippen LogP contribution in [0.25, 0.3) is 10.9 Å². The Labute approximate surface area is 193 Å². The van der Waals surface area contributed by atoms with Gasteiger partial charge in [0.2, 0.25) is 17.7 Å². The van der Waals surface area contributed by atoms with E-state index in [0.717, 1.165) is 16.5 Å². The van der Waals surface area contributed by atoms with Crippen molar-refractivity contribution in [2.75, 3.05) is 6.61 Å². The predicted octanol–water partition coefficient (Wildman–Crippen LogP) is 1.77. The summed E-state index contributed by atoms with van der Waals surface area (Å²) in [5.41, 5.74) is 1.75. The Kier molecular flexibility index (Phi) is 8.08. The first-order valence-corrected chi connectivity index (χ1v) is 11.4. The minimum Gasteiger partial charge on any atom is -0.465 e. The number of fused-ring (bicyclic) bond motifs is 1. The van der Waals surface area contributed by atoms with Crippen LogP contribution in [0.5, 0.6) is 0 Å². The molecule has 4 N–H and O–H groups in total. The van der Waals surface area contributed by atoms with Crippen LogP contribution >= 0.6 is 0 Å². The lowest BCUT2D eigenvalue weighted by Crippen LogP contribution is -2.55. The molecule has 178 valence electrons. The lowest BCUT2D eigenvalue weighted by atomic mass is 9.97. The smallest absolute Gasteiger partial charge is 0.318 e. The van der Waals surface area contributed by atoms with E-state index in [4.69, 9.17) is 4.74 Å². The Morgan fingerprint density at radius 3 is 2.61 bits per heavy atom. The van der Waals surface area contributed by atoms with Crippen molar-refractivity contribution in [2.45, 2.75) is 58.7 Å². The number of aromatic nitrogens is 1. The van der Waals surface area contributed by atoms with E-state index >= 15 is 0 Å². The Morgan fingerprint density at radius 2 is 1.94 bits per heavy atom. The van der Waals surface area contributed by atoms with E-state index in [-0.39, 0.29) is 30.8 Å². The number of nitrogens with one attached hydrogen (secondary N) is 4. The van der Waals surface area contributed by atoms with E-state index in [9.17, 15) is 19.2 Å². The molecular formula is C24H32N4O5. The molecule has 33 heavy (non-hydrogen) atoms. The van der Waals surface area contributed by atoms with Gasteiger partial charge in [-0.1, -0.05) is 32.0 Å². The standard InChI is InChI=1S/C24H32N4O5/c1-4-33-24(32)17(12-15-13-25-18-8-6-5-7-16(15)18)22(30)27-20(11-14(2)3)28-23(31)19-9-10-21(29)26-19/h5-8,13-14,17,19-20,25H,4,9-12H2,1-3H3,(H,26,29)(H,27,30)(H,28,31)/t17-,19+,20+/m1/s1. The van der Waals surface area contributed by atoms with Crippen molar-refractivity contribution in [3.05, 3.63) is 36.0 Å². The van der Waals surface area contributed by atoms with Gasteiger partial charge in [0.25, 0.3) is 0 Å². The van der Waals surface area contributed by atoms with Gasteiger partial charge in [0, 0.05) is 23.5 Å². The summed E-state index contributed by atoms with van der Waals surface area (Å²) in [6.07, 6.45) is 2.47. The molecule has 9 nitrogen and oxygen atoms in total. The lowest BCUT2D eigenvalue weighted by Gasteiger charge is -2.25. The summed E-state index contributed by atoms with van der Waals surface area (Å²) >= 11 is 0. The third kappa shape index (κ3) is 6.34. The van der Waals surface area contributed by atoms with Gasteiger partial charge in [-0.25, -0.2) is 0 Å². The topological polar surface area (TPSA) is 129 Å². The number of esters is 1. The molecule has 3 amide bonds. The molecule has 3 rings (SSSR count). The number of hydrogen-bond acceptors (Lipinski definition) is 5. The van der Waals surface area contributed by atoms with Crippen LogP contribution in [0.1, 0.15) is 45.6 Å². The number of para-hydroxylation sites is 1.